The average Bonchev–Trinajstić information content (AvgIpc) is 3.33. The molecule has 0 bridgehead atoms. The first-order chi connectivity index (χ1) is 19.0. The van der Waals surface area contributed by atoms with Crippen LogP contribution >= 0.6 is 34.4 Å². The van der Waals surface area contributed by atoms with Crippen LogP contribution in [0.15, 0.2) is 102 Å². The summed E-state index contributed by atoms with van der Waals surface area (Å²) in [6, 6.07) is 25.6. The molecule has 39 heavy (non-hydrogen) atoms. The standard InChI is InChI=1S/C29H29IN6O2S/c1-3-17-36-27(19-31-25-15-13-24(30)14-16-25)33-35-29(36)39-21(2)28(37)34-32-18-23-11-7-8-12-26(23)38-20-22-9-5-4-6-10-22/h3-16,18,21,31H,1,17,19-20H2,2H3,(H,34,37)/b32-18-/t21-/m0/s1. The van der Waals surface area contributed by atoms with Crippen LogP contribution in [-0.2, 0) is 24.5 Å². The molecule has 0 aliphatic rings. The van der Waals surface area contributed by atoms with Crippen LogP contribution in [0, 0.1) is 3.57 Å². The monoisotopic (exact) mass is 652 g/mol. The minimum absolute atomic E-state index is 0.245. The molecule has 0 radical (unpaired) electrons. The molecular weight excluding hydrogens is 623 g/mol. The van der Waals surface area contributed by atoms with Crippen molar-refractivity contribution in [1.29, 1.82) is 0 Å². The molecule has 4 aromatic rings. The number of amides is 1. The third kappa shape index (κ3) is 8.42. The van der Waals surface area contributed by atoms with Crippen molar-refractivity contribution in [2.45, 2.75) is 37.0 Å². The van der Waals surface area contributed by atoms with Crippen LogP contribution in [0.3, 0.4) is 0 Å². The average molecular weight is 653 g/mol. The van der Waals surface area contributed by atoms with E-state index in [2.05, 4.69) is 55.2 Å². The molecule has 0 aliphatic heterocycles. The lowest BCUT2D eigenvalue weighted by molar-refractivity contribution is -0.120. The molecule has 1 atom stereocenters. The molecule has 0 saturated heterocycles. The highest BCUT2D eigenvalue weighted by molar-refractivity contribution is 14.1. The number of rotatable bonds is 13. The largest absolute Gasteiger partial charge is 0.488 e. The van der Waals surface area contributed by atoms with E-state index in [4.69, 9.17) is 4.74 Å². The fourth-order valence-corrected chi connectivity index (χ4v) is 4.75. The minimum atomic E-state index is -0.448. The van der Waals surface area contributed by atoms with Gasteiger partial charge >= 0.3 is 0 Å². The number of hydrogen-bond donors (Lipinski definition) is 2. The zero-order valence-corrected chi connectivity index (χ0v) is 24.4. The van der Waals surface area contributed by atoms with Crippen molar-refractivity contribution in [1.82, 2.24) is 20.2 Å². The zero-order valence-electron chi connectivity index (χ0n) is 21.5. The van der Waals surface area contributed by atoms with Crippen LogP contribution in [0.1, 0.15) is 23.9 Å². The van der Waals surface area contributed by atoms with Gasteiger partial charge in [-0.3, -0.25) is 4.79 Å². The summed E-state index contributed by atoms with van der Waals surface area (Å²) in [5, 5.41) is 16.4. The van der Waals surface area contributed by atoms with E-state index in [1.54, 1.807) is 12.3 Å². The summed E-state index contributed by atoms with van der Waals surface area (Å²) >= 11 is 3.59. The molecule has 0 saturated carbocycles. The Bertz CT molecular complexity index is 1410. The summed E-state index contributed by atoms with van der Waals surface area (Å²) in [6.07, 6.45) is 3.37. The molecule has 4 rings (SSSR count). The molecule has 1 aromatic heterocycles. The molecule has 2 N–H and O–H groups in total. The van der Waals surface area contributed by atoms with Gasteiger partial charge in [0.15, 0.2) is 11.0 Å². The Balaban J connectivity index is 1.33. The predicted octanol–water partition coefficient (Wildman–Crippen LogP) is 5.89. The molecule has 3 aromatic carbocycles. The van der Waals surface area contributed by atoms with E-state index in [9.17, 15) is 4.79 Å². The minimum Gasteiger partial charge on any atom is -0.488 e. The van der Waals surface area contributed by atoms with Gasteiger partial charge in [-0.05, 0) is 71.5 Å². The zero-order chi connectivity index (χ0) is 27.5. The molecule has 1 heterocycles. The molecule has 1 amide bonds. The maximum absolute atomic E-state index is 12.8. The van der Waals surface area contributed by atoms with Gasteiger partial charge in [0.2, 0.25) is 0 Å². The number of aromatic nitrogens is 3. The summed E-state index contributed by atoms with van der Waals surface area (Å²) in [6.45, 7) is 7.14. The summed E-state index contributed by atoms with van der Waals surface area (Å²) in [5.74, 6) is 1.20. The number of nitrogens with one attached hydrogen (secondary N) is 2. The van der Waals surface area contributed by atoms with Gasteiger partial charge in [-0.1, -0.05) is 60.3 Å². The maximum Gasteiger partial charge on any atom is 0.253 e. The number of benzene rings is 3. The van der Waals surface area contributed by atoms with Gasteiger partial charge in [0, 0.05) is 21.4 Å². The SMILES string of the molecule is C=CCn1c(CNc2ccc(I)cc2)nnc1S[C@@H](C)C(=O)N/N=C\c1ccccc1OCc1ccccc1. The van der Waals surface area contributed by atoms with E-state index < -0.39 is 5.25 Å². The lowest BCUT2D eigenvalue weighted by atomic mass is 10.2. The van der Waals surface area contributed by atoms with Gasteiger partial charge in [0.1, 0.15) is 12.4 Å². The van der Waals surface area contributed by atoms with Crippen LogP contribution in [0.5, 0.6) is 5.75 Å². The maximum atomic E-state index is 12.8. The number of hydrogen-bond acceptors (Lipinski definition) is 7. The smallest absolute Gasteiger partial charge is 0.253 e. The third-order valence-electron chi connectivity index (χ3n) is 5.59. The lowest BCUT2D eigenvalue weighted by Gasteiger charge is -2.12. The first kappa shape index (κ1) is 28.4. The number of para-hydroxylation sites is 1. The Morgan fingerprint density at radius 1 is 1.10 bits per heavy atom. The number of hydrazone groups is 1. The fraction of sp³-hybridized carbons (Fsp3) is 0.172. The molecule has 0 aliphatic carbocycles. The second kappa shape index (κ2) is 14.5. The lowest BCUT2D eigenvalue weighted by Crippen LogP contribution is -2.27. The third-order valence-corrected chi connectivity index (χ3v) is 7.39. The van der Waals surface area contributed by atoms with Gasteiger partial charge in [0.05, 0.1) is 18.0 Å². The molecule has 10 heteroatoms. The summed E-state index contributed by atoms with van der Waals surface area (Å²) in [4.78, 5) is 12.8. The Morgan fingerprint density at radius 3 is 2.62 bits per heavy atom. The van der Waals surface area contributed by atoms with E-state index in [-0.39, 0.29) is 5.91 Å². The molecule has 200 valence electrons. The van der Waals surface area contributed by atoms with Crippen LogP contribution in [0.2, 0.25) is 0 Å². The first-order valence-corrected chi connectivity index (χ1v) is 14.3. The number of nitrogens with zero attached hydrogens (tertiary/aromatic N) is 4. The number of carbonyl (C=O) groups is 1. The first-order valence-electron chi connectivity index (χ1n) is 12.3. The van der Waals surface area contributed by atoms with Crippen LogP contribution in [-0.4, -0.2) is 32.1 Å². The molecule has 0 spiro atoms. The second-order valence-corrected chi connectivity index (χ2v) is 11.0. The van der Waals surface area contributed by atoms with Gasteiger partial charge in [0.25, 0.3) is 5.91 Å². The van der Waals surface area contributed by atoms with Crippen LogP contribution in [0.4, 0.5) is 5.69 Å². The summed E-state index contributed by atoms with van der Waals surface area (Å²) in [7, 11) is 0. The van der Waals surface area contributed by atoms with E-state index in [1.165, 1.54) is 15.3 Å². The fourth-order valence-electron chi connectivity index (χ4n) is 3.52. The number of allylic oxidation sites excluding steroid dienone is 1. The van der Waals surface area contributed by atoms with E-state index in [0.29, 0.717) is 30.6 Å². The number of thioether (sulfide) groups is 1. The molecule has 8 nitrogen and oxygen atoms in total. The normalized spacial score (nSPS) is 11.7. The highest BCUT2D eigenvalue weighted by atomic mass is 127. The number of ether oxygens (including phenoxy) is 1. The van der Waals surface area contributed by atoms with Gasteiger partial charge < -0.3 is 14.6 Å². The molecular formula is C29H29IN6O2S. The summed E-state index contributed by atoms with van der Waals surface area (Å²) < 4.78 is 9.08. The predicted molar refractivity (Wildman–Crippen MR) is 165 cm³/mol. The van der Waals surface area contributed by atoms with Crippen molar-refractivity contribution >= 4 is 52.2 Å². The Labute approximate surface area is 246 Å². The van der Waals surface area contributed by atoms with Crippen LogP contribution < -0.4 is 15.5 Å². The molecule has 0 fully saturated rings. The highest BCUT2D eigenvalue weighted by Gasteiger charge is 2.19. The molecule has 0 unspecified atom stereocenters. The second-order valence-electron chi connectivity index (χ2n) is 8.46. The summed E-state index contributed by atoms with van der Waals surface area (Å²) in [5.41, 5.74) is 5.46. The number of halogens is 1. The number of carbonyl (C=O) groups excluding carboxylic acids is 1. The quantitative estimate of drug-likeness (QED) is 0.0616. The number of anilines is 1. The van der Waals surface area contributed by atoms with Crippen molar-refractivity contribution < 1.29 is 9.53 Å². The van der Waals surface area contributed by atoms with Crippen molar-refractivity contribution in [3.63, 3.8) is 0 Å². The van der Waals surface area contributed by atoms with Crippen molar-refractivity contribution in [3.8, 4) is 5.75 Å². The van der Waals surface area contributed by atoms with Crippen LogP contribution in [0.25, 0.3) is 0 Å². The van der Waals surface area contributed by atoms with E-state index in [0.717, 1.165) is 22.6 Å². The van der Waals surface area contributed by atoms with Crippen molar-refractivity contribution in [2.75, 3.05) is 5.32 Å². The van der Waals surface area contributed by atoms with Gasteiger partial charge in [-0.25, -0.2) is 5.43 Å². The van der Waals surface area contributed by atoms with Gasteiger partial charge in [-0.15, -0.1) is 16.8 Å². The Hall–Kier alpha value is -3.64. The Morgan fingerprint density at radius 2 is 1.85 bits per heavy atom. The highest BCUT2D eigenvalue weighted by Crippen LogP contribution is 2.23. The van der Waals surface area contributed by atoms with E-state index >= 15 is 0 Å². The van der Waals surface area contributed by atoms with Crippen molar-refractivity contribution in [2.24, 2.45) is 5.10 Å². The Kier molecular flexibility index (Phi) is 10.5. The van der Waals surface area contributed by atoms with Gasteiger partial charge in [-0.2, -0.15) is 5.10 Å². The topological polar surface area (TPSA) is 93.4 Å². The van der Waals surface area contributed by atoms with Crippen molar-refractivity contribution in [3.05, 3.63) is 112 Å². The van der Waals surface area contributed by atoms with E-state index in [1.807, 2.05) is 90.4 Å².